The van der Waals surface area contributed by atoms with E-state index < -0.39 is 11.9 Å². The van der Waals surface area contributed by atoms with Crippen LogP contribution in [0.4, 0.5) is 19.0 Å². The molecule has 0 saturated heterocycles. The van der Waals surface area contributed by atoms with Crippen LogP contribution in [0.3, 0.4) is 0 Å². The van der Waals surface area contributed by atoms with Crippen LogP contribution in [0.15, 0.2) is 12.1 Å². The summed E-state index contributed by atoms with van der Waals surface area (Å²) >= 11 is 0. The molecule has 0 atom stereocenters. The molecule has 0 unspecified atom stereocenters. The molecular weight excluding hydrogens is 235 g/mol. The molecule has 0 aliphatic carbocycles. The van der Waals surface area contributed by atoms with Gasteiger partial charge in [-0.2, -0.15) is 13.2 Å². The third-order valence-corrected chi connectivity index (χ3v) is 2.26. The second-order valence-electron chi connectivity index (χ2n) is 3.53. The molecule has 0 fully saturated rings. The van der Waals surface area contributed by atoms with Gasteiger partial charge in [-0.15, -0.1) is 0 Å². The quantitative estimate of drug-likeness (QED) is 0.835. The molecule has 0 bridgehead atoms. The molecule has 7 heteroatoms. The Morgan fingerprint density at radius 1 is 1.41 bits per heavy atom. The van der Waals surface area contributed by atoms with E-state index in [4.69, 9.17) is 10.8 Å². The average molecular weight is 249 g/mol. The number of aliphatic hydroxyl groups is 1. The van der Waals surface area contributed by atoms with E-state index in [1.54, 1.807) is 7.05 Å². The van der Waals surface area contributed by atoms with Gasteiger partial charge in [0.25, 0.3) is 0 Å². The number of aliphatic hydroxyl groups excluding tert-OH is 1. The number of anilines is 1. The Morgan fingerprint density at radius 2 is 2.06 bits per heavy atom. The van der Waals surface area contributed by atoms with Gasteiger partial charge in [0.2, 0.25) is 0 Å². The molecule has 3 N–H and O–H groups in total. The highest BCUT2D eigenvalue weighted by Gasteiger charge is 2.33. The normalized spacial score (nSPS) is 11.6. The third-order valence-electron chi connectivity index (χ3n) is 2.26. The van der Waals surface area contributed by atoms with E-state index >= 15 is 0 Å². The highest BCUT2D eigenvalue weighted by Crippen LogP contribution is 2.30. The fourth-order valence-corrected chi connectivity index (χ4v) is 1.38. The first-order valence-electron chi connectivity index (χ1n) is 4.99. The van der Waals surface area contributed by atoms with E-state index in [1.807, 2.05) is 0 Å². The van der Waals surface area contributed by atoms with E-state index in [9.17, 15) is 13.2 Å². The zero-order valence-corrected chi connectivity index (χ0v) is 9.33. The predicted molar refractivity (Wildman–Crippen MR) is 57.5 cm³/mol. The molecule has 1 rings (SSSR count). The van der Waals surface area contributed by atoms with Crippen LogP contribution >= 0.6 is 0 Å². The molecule has 1 aromatic heterocycles. The molecule has 0 radical (unpaired) electrons. The lowest BCUT2D eigenvalue weighted by Crippen LogP contribution is -2.25. The highest BCUT2D eigenvalue weighted by molar-refractivity contribution is 5.47. The van der Waals surface area contributed by atoms with Crippen molar-refractivity contribution in [2.24, 2.45) is 5.73 Å². The Kier molecular flexibility index (Phi) is 4.30. The van der Waals surface area contributed by atoms with Gasteiger partial charge in [0, 0.05) is 25.7 Å². The van der Waals surface area contributed by atoms with Crippen LogP contribution in [0.1, 0.15) is 11.3 Å². The monoisotopic (exact) mass is 249 g/mol. The van der Waals surface area contributed by atoms with Crippen LogP contribution in [-0.2, 0) is 12.7 Å². The number of likely N-dealkylation sites (N-methyl/N-ethyl adjacent to an activating group) is 1. The fourth-order valence-electron chi connectivity index (χ4n) is 1.38. The zero-order chi connectivity index (χ0) is 13.1. The Labute approximate surface area is 96.9 Å². The Bertz CT molecular complexity index is 382. The van der Waals surface area contributed by atoms with E-state index in [0.717, 1.165) is 6.07 Å². The van der Waals surface area contributed by atoms with Crippen molar-refractivity contribution in [1.82, 2.24) is 4.98 Å². The minimum Gasteiger partial charge on any atom is -0.395 e. The number of alkyl halides is 3. The standard InChI is InChI=1S/C10H14F3N3O/c1-16(4-5-17)9-7(6-14)2-3-8(15-9)10(11,12)13/h2-3,17H,4-6,14H2,1H3. The van der Waals surface area contributed by atoms with Crippen molar-refractivity contribution in [3.05, 3.63) is 23.4 Å². The van der Waals surface area contributed by atoms with Gasteiger partial charge in [-0.25, -0.2) is 4.98 Å². The molecule has 0 amide bonds. The molecule has 0 spiro atoms. The predicted octanol–water partition coefficient (Wildman–Crippen LogP) is 0.988. The van der Waals surface area contributed by atoms with Crippen molar-refractivity contribution in [3.8, 4) is 0 Å². The van der Waals surface area contributed by atoms with Crippen LogP contribution in [-0.4, -0.2) is 30.3 Å². The second-order valence-corrected chi connectivity index (χ2v) is 3.53. The minimum atomic E-state index is -4.48. The number of hydrogen-bond donors (Lipinski definition) is 2. The van der Waals surface area contributed by atoms with Crippen molar-refractivity contribution in [3.63, 3.8) is 0 Å². The maximum atomic E-state index is 12.5. The highest BCUT2D eigenvalue weighted by atomic mass is 19.4. The Morgan fingerprint density at radius 3 is 2.53 bits per heavy atom. The van der Waals surface area contributed by atoms with Crippen LogP contribution < -0.4 is 10.6 Å². The number of nitrogens with two attached hydrogens (primary N) is 1. The lowest BCUT2D eigenvalue weighted by Gasteiger charge is -2.21. The van der Waals surface area contributed by atoms with Gasteiger partial charge < -0.3 is 15.7 Å². The largest absolute Gasteiger partial charge is 0.433 e. The lowest BCUT2D eigenvalue weighted by atomic mass is 10.2. The molecule has 96 valence electrons. The van der Waals surface area contributed by atoms with Crippen molar-refractivity contribution in [2.75, 3.05) is 25.1 Å². The van der Waals surface area contributed by atoms with Crippen molar-refractivity contribution in [2.45, 2.75) is 12.7 Å². The molecule has 0 saturated carbocycles. The SMILES string of the molecule is CN(CCO)c1nc(C(F)(F)F)ccc1CN. The summed E-state index contributed by atoms with van der Waals surface area (Å²) in [5.74, 6) is 0.149. The summed E-state index contributed by atoms with van der Waals surface area (Å²) < 4.78 is 37.5. The van der Waals surface area contributed by atoms with E-state index in [1.165, 1.54) is 11.0 Å². The van der Waals surface area contributed by atoms with Crippen LogP contribution in [0, 0.1) is 0 Å². The first-order chi connectivity index (χ1) is 7.90. The maximum absolute atomic E-state index is 12.5. The molecule has 17 heavy (non-hydrogen) atoms. The molecule has 0 aliphatic heterocycles. The smallest absolute Gasteiger partial charge is 0.395 e. The van der Waals surface area contributed by atoms with E-state index in [-0.39, 0.29) is 25.5 Å². The van der Waals surface area contributed by atoms with Crippen LogP contribution in [0.2, 0.25) is 0 Å². The van der Waals surface area contributed by atoms with Gasteiger partial charge in [-0.05, 0) is 6.07 Å². The first kappa shape index (κ1) is 13.7. The van der Waals surface area contributed by atoms with Gasteiger partial charge in [-0.1, -0.05) is 6.07 Å². The first-order valence-corrected chi connectivity index (χ1v) is 4.99. The number of pyridine rings is 1. The number of aromatic nitrogens is 1. The molecule has 4 nitrogen and oxygen atoms in total. The van der Waals surface area contributed by atoms with E-state index in [2.05, 4.69) is 4.98 Å². The molecule has 1 aromatic rings. The summed E-state index contributed by atoms with van der Waals surface area (Å²) in [6.45, 7) is 0.121. The zero-order valence-electron chi connectivity index (χ0n) is 9.33. The van der Waals surface area contributed by atoms with Gasteiger partial charge in [0.1, 0.15) is 11.5 Å². The van der Waals surface area contributed by atoms with Crippen LogP contribution in [0.25, 0.3) is 0 Å². The van der Waals surface area contributed by atoms with Crippen LogP contribution in [0.5, 0.6) is 0 Å². The number of hydrogen-bond acceptors (Lipinski definition) is 4. The van der Waals surface area contributed by atoms with Crippen molar-refractivity contribution < 1.29 is 18.3 Å². The van der Waals surface area contributed by atoms with Gasteiger partial charge >= 0.3 is 6.18 Å². The van der Waals surface area contributed by atoms with Gasteiger partial charge in [0.05, 0.1) is 6.61 Å². The average Bonchev–Trinajstić information content (AvgIpc) is 2.27. The number of rotatable bonds is 4. The topological polar surface area (TPSA) is 62.4 Å². The van der Waals surface area contributed by atoms with E-state index in [0.29, 0.717) is 5.56 Å². The molecule has 0 aliphatic rings. The number of nitrogens with zero attached hydrogens (tertiary/aromatic N) is 2. The summed E-state index contributed by atoms with van der Waals surface area (Å²) in [7, 11) is 1.55. The Balaban J connectivity index is 3.15. The molecular formula is C10H14F3N3O. The van der Waals surface area contributed by atoms with Gasteiger partial charge in [0.15, 0.2) is 0 Å². The minimum absolute atomic E-state index is 0.0935. The van der Waals surface area contributed by atoms with Crippen molar-refractivity contribution >= 4 is 5.82 Å². The molecule has 0 aromatic carbocycles. The third kappa shape index (κ3) is 3.31. The Hall–Kier alpha value is -1.34. The summed E-state index contributed by atoms with van der Waals surface area (Å²) in [5, 5.41) is 8.77. The summed E-state index contributed by atoms with van der Waals surface area (Å²) in [6, 6.07) is 2.21. The maximum Gasteiger partial charge on any atom is 0.433 e. The number of halogens is 3. The lowest BCUT2D eigenvalue weighted by molar-refractivity contribution is -0.141. The van der Waals surface area contributed by atoms with Crippen molar-refractivity contribution in [1.29, 1.82) is 0 Å². The fraction of sp³-hybridized carbons (Fsp3) is 0.500. The summed E-state index contributed by atoms with van der Waals surface area (Å²) in [4.78, 5) is 4.99. The second kappa shape index (κ2) is 5.33. The summed E-state index contributed by atoms with van der Waals surface area (Å²) in [5.41, 5.74) is 4.98. The molecule has 1 heterocycles. The van der Waals surface area contributed by atoms with Gasteiger partial charge in [-0.3, -0.25) is 0 Å². The summed E-state index contributed by atoms with van der Waals surface area (Å²) in [6.07, 6.45) is -4.48.